The van der Waals surface area contributed by atoms with Crippen molar-refractivity contribution in [2.24, 2.45) is 5.73 Å². The van der Waals surface area contributed by atoms with Crippen LogP contribution in [0.15, 0.2) is 17.5 Å². The van der Waals surface area contributed by atoms with Crippen LogP contribution in [0, 0.1) is 0 Å². The van der Waals surface area contributed by atoms with E-state index in [2.05, 4.69) is 4.72 Å². The number of hydrogen-bond donors (Lipinski definition) is 2. The third-order valence-electron chi connectivity index (χ3n) is 1.89. The Labute approximate surface area is 88.2 Å². The van der Waals surface area contributed by atoms with E-state index in [4.69, 9.17) is 5.73 Å². The predicted molar refractivity (Wildman–Crippen MR) is 58.6 cm³/mol. The normalized spacial score (nSPS) is 14.1. The first-order valence-electron chi connectivity index (χ1n) is 4.27. The molecule has 0 aliphatic rings. The zero-order valence-electron chi connectivity index (χ0n) is 7.93. The zero-order valence-corrected chi connectivity index (χ0v) is 9.57. The van der Waals surface area contributed by atoms with Crippen LogP contribution in [0.3, 0.4) is 0 Å². The monoisotopic (exact) mass is 234 g/mol. The van der Waals surface area contributed by atoms with Crippen molar-refractivity contribution in [3.8, 4) is 0 Å². The van der Waals surface area contributed by atoms with Gasteiger partial charge in [0.25, 0.3) is 0 Å². The number of nitrogens with two attached hydrogens (primary N) is 1. The van der Waals surface area contributed by atoms with Crippen LogP contribution in [0.5, 0.6) is 0 Å². The maximum absolute atomic E-state index is 11.5. The fourth-order valence-corrected chi connectivity index (χ4v) is 2.48. The Bertz CT molecular complexity index is 359. The van der Waals surface area contributed by atoms with Gasteiger partial charge in [0, 0.05) is 18.0 Å². The van der Waals surface area contributed by atoms with Gasteiger partial charge in [0.05, 0.1) is 5.25 Å². The Balaban J connectivity index is 2.53. The molecular formula is C8H14N2O2S2. The SMILES string of the molecule is CC(CN)S(=O)(=O)NCc1cccs1. The van der Waals surface area contributed by atoms with E-state index in [9.17, 15) is 8.42 Å². The summed E-state index contributed by atoms with van der Waals surface area (Å²) in [6.07, 6.45) is 0. The summed E-state index contributed by atoms with van der Waals surface area (Å²) in [6, 6.07) is 3.78. The highest BCUT2D eigenvalue weighted by Gasteiger charge is 2.18. The smallest absolute Gasteiger partial charge is 0.215 e. The average molecular weight is 234 g/mol. The highest BCUT2D eigenvalue weighted by Crippen LogP contribution is 2.08. The molecule has 1 atom stereocenters. The fraction of sp³-hybridized carbons (Fsp3) is 0.500. The molecule has 14 heavy (non-hydrogen) atoms. The van der Waals surface area contributed by atoms with Gasteiger partial charge in [-0.05, 0) is 18.4 Å². The topological polar surface area (TPSA) is 72.2 Å². The molecule has 0 fully saturated rings. The predicted octanol–water partition coefficient (Wildman–Crippen LogP) is 0.515. The first kappa shape index (κ1) is 11.6. The van der Waals surface area contributed by atoms with Crippen molar-refractivity contribution in [2.75, 3.05) is 6.54 Å². The number of thiophene rings is 1. The summed E-state index contributed by atoms with van der Waals surface area (Å²) >= 11 is 1.52. The molecule has 4 nitrogen and oxygen atoms in total. The number of hydrogen-bond acceptors (Lipinski definition) is 4. The van der Waals surface area contributed by atoms with E-state index in [0.717, 1.165) is 4.88 Å². The molecule has 0 aliphatic carbocycles. The van der Waals surface area contributed by atoms with Gasteiger partial charge in [-0.3, -0.25) is 0 Å². The van der Waals surface area contributed by atoms with Crippen LogP contribution in [0.4, 0.5) is 0 Å². The lowest BCUT2D eigenvalue weighted by atomic mass is 10.5. The highest BCUT2D eigenvalue weighted by molar-refractivity contribution is 7.90. The summed E-state index contributed by atoms with van der Waals surface area (Å²) < 4.78 is 25.5. The van der Waals surface area contributed by atoms with Gasteiger partial charge < -0.3 is 5.73 Å². The van der Waals surface area contributed by atoms with Crippen LogP contribution in [-0.2, 0) is 16.6 Å². The van der Waals surface area contributed by atoms with Crippen molar-refractivity contribution in [3.63, 3.8) is 0 Å². The summed E-state index contributed by atoms with van der Waals surface area (Å²) in [5.41, 5.74) is 5.29. The lowest BCUT2D eigenvalue weighted by Gasteiger charge is -2.10. The van der Waals surface area contributed by atoms with E-state index in [1.807, 2.05) is 17.5 Å². The molecular weight excluding hydrogens is 220 g/mol. The second-order valence-corrected chi connectivity index (χ2v) is 6.21. The Morgan fingerprint density at radius 1 is 1.64 bits per heavy atom. The van der Waals surface area contributed by atoms with E-state index in [-0.39, 0.29) is 6.54 Å². The summed E-state index contributed by atoms with van der Waals surface area (Å²) in [5, 5.41) is 1.37. The van der Waals surface area contributed by atoms with Crippen LogP contribution in [0.25, 0.3) is 0 Å². The number of nitrogens with one attached hydrogen (secondary N) is 1. The van der Waals surface area contributed by atoms with Crippen LogP contribution in [0.1, 0.15) is 11.8 Å². The van der Waals surface area contributed by atoms with E-state index >= 15 is 0 Å². The van der Waals surface area contributed by atoms with Crippen molar-refractivity contribution in [1.29, 1.82) is 0 Å². The van der Waals surface area contributed by atoms with Crippen LogP contribution < -0.4 is 10.5 Å². The second kappa shape index (κ2) is 4.88. The van der Waals surface area contributed by atoms with Crippen molar-refractivity contribution < 1.29 is 8.42 Å². The molecule has 0 saturated carbocycles. The van der Waals surface area contributed by atoms with Gasteiger partial charge in [0.2, 0.25) is 10.0 Å². The van der Waals surface area contributed by atoms with E-state index in [0.29, 0.717) is 6.54 Å². The minimum atomic E-state index is -3.25. The van der Waals surface area contributed by atoms with Crippen molar-refractivity contribution >= 4 is 21.4 Å². The van der Waals surface area contributed by atoms with Crippen LogP contribution >= 0.6 is 11.3 Å². The molecule has 0 aliphatic heterocycles. The van der Waals surface area contributed by atoms with Gasteiger partial charge in [0.15, 0.2) is 0 Å². The Morgan fingerprint density at radius 3 is 2.86 bits per heavy atom. The first-order chi connectivity index (χ1) is 6.56. The molecule has 1 aromatic heterocycles. The molecule has 0 saturated heterocycles. The third kappa shape index (κ3) is 3.06. The van der Waals surface area contributed by atoms with E-state index in [1.165, 1.54) is 11.3 Å². The van der Waals surface area contributed by atoms with Crippen molar-refractivity contribution in [3.05, 3.63) is 22.4 Å². The lowest BCUT2D eigenvalue weighted by Crippen LogP contribution is -2.36. The minimum absolute atomic E-state index is 0.139. The fourth-order valence-electron chi connectivity index (χ4n) is 0.854. The van der Waals surface area contributed by atoms with Gasteiger partial charge in [-0.2, -0.15) is 0 Å². The van der Waals surface area contributed by atoms with Gasteiger partial charge >= 0.3 is 0 Å². The summed E-state index contributed by atoms with van der Waals surface area (Å²) in [6.45, 7) is 2.08. The third-order valence-corrected chi connectivity index (χ3v) is 4.56. The Hall–Kier alpha value is -0.430. The molecule has 1 heterocycles. The zero-order chi connectivity index (χ0) is 10.6. The summed E-state index contributed by atoms with van der Waals surface area (Å²) in [7, 11) is -3.25. The molecule has 1 aromatic rings. The molecule has 6 heteroatoms. The molecule has 1 unspecified atom stereocenters. The van der Waals surface area contributed by atoms with Crippen molar-refractivity contribution in [2.45, 2.75) is 18.7 Å². The van der Waals surface area contributed by atoms with Crippen LogP contribution in [-0.4, -0.2) is 20.2 Å². The molecule has 80 valence electrons. The van der Waals surface area contributed by atoms with Gasteiger partial charge in [-0.1, -0.05) is 6.07 Å². The van der Waals surface area contributed by atoms with E-state index < -0.39 is 15.3 Å². The Kier molecular flexibility index (Phi) is 4.06. The van der Waals surface area contributed by atoms with Gasteiger partial charge in [-0.15, -0.1) is 11.3 Å². The quantitative estimate of drug-likeness (QED) is 0.780. The average Bonchev–Trinajstić information content (AvgIpc) is 2.66. The number of rotatable bonds is 5. The molecule has 1 rings (SSSR count). The molecule has 0 aromatic carbocycles. The maximum atomic E-state index is 11.5. The summed E-state index contributed by atoms with van der Waals surface area (Å²) in [5.74, 6) is 0. The highest BCUT2D eigenvalue weighted by atomic mass is 32.2. The number of sulfonamides is 1. The molecule has 0 amide bonds. The summed E-state index contributed by atoms with van der Waals surface area (Å²) in [4.78, 5) is 0.998. The van der Waals surface area contributed by atoms with Crippen LogP contribution in [0.2, 0.25) is 0 Å². The molecule has 3 N–H and O–H groups in total. The van der Waals surface area contributed by atoms with Crippen molar-refractivity contribution in [1.82, 2.24) is 4.72 Å². The van der Waals surface area contributed by atoms with E-state index in [1.54, 1.807) is 6.92 Å². The maximum Gasteiger partial charge on any atom is 0.215 e. The minimum Gasteiger partial charge on any atom is -0.329 e. The first-order valence-corrected chi connectivity index (χ1v) is 6.70. The molecule has 0 spiro atoms. The standard InChI is InChI=1S/C8H14N2O2S2/c1-7(5-9)14(11,12)10-6-8-3-2-4-13-8/h2-4,7,10H,5-6,9H2,1H3. The molecule has 0 radical (unpaired) electrons. The second-order valence-electron chi connectivity index (χ2n) is 2.99. The largest absolute Gasteiger partial charge is 0.329 e. The molecule has 0 bridgehead atoms. The Morgan fingerprint density at radius 2 is 2.36 bits per heavy atom. The van der Waals surface area contributed by atoms with Gasteiger partial charge in [0.1, 0.15) is 0 Å². The lowest BCUT2D eigenvalue weighted by molar-refractivity contribution is 0.569. The van der Waals surface area contributed by atoms with Gasteiger partial charge in [-0.25, -0.2) is 13.1 Å².